The molecule has 0 spiro atoms. The highest BCUT2D eigenvalue weighted by atomic mass is 79.9. The molecule has 1 amide bonds. The zero-order valence-electron chi connectivity index (χ0n) is 20.3. The van der Waals surface area contributed by atoms with Gasteiger partial charge < -0.3 is 37.0 Å². The van der Waals surface area contributed by atoms with Crippen LogP contribution in [0.4, 0.5) is 0 Å². The van der Waals surface area contributed by atoms with Crippen molar-refractivity contribution in [1.29, 1.82) is 0 Å². The fourth-order valence-electron chi connectivity index (χ4n) is 6.41. The van der Waals surface area contributed by atoms with Crippen molar-refractivity contribution in [1.82, 2.24) is 10.3 Å². The largest absolute Gasteiger partial charge is 1.00 e. The lowest BCUT2D eigenvalue weighted by molar-refractivity contribution is -0.966. The van der Waals surface area contributed by atoms with Crippen LogP contribution in [-0.4, -0.2) is 57.9 Å². The summed E-state index contributed by atoms with van der Waals surface area (Å²) in [6, 6.07) is 18.8. The predicted octanol–water partition coefficient (Wildman–Crippen LogP) is 0.533. The van der Waals surface area contributed by atoms with E-state index in [0.29, 0.717) is 16.3 Å². The maximum absolute atomic E-state index is 13.4. The Morgan fingerprint density at radius 2 is 1.92 bits per heavy atom. The molecule has 0 saturated carbocycles. The third-order valence-corrected chi connectivity index (χ3v) is 8.22. The van der Waals surface area contributed by atoms with Crippen molar-refractivity contribution in [3.63, 3.8) is 0 Å². The van der Waals surface area contributed by atoms with E-state index in [9.17, 15) is 15.0 Å². The molecule has 3 aliphatic rings. The third kappa shape index (κ3) is 4.98. The summed E-state index contributed by atoms with van der Waals surface area (Å²) in [4.78, 5) is 17.9. The van der Waals surface area contributed by atoms with Crippen LogP contribution >= 0.6 is 0 Å². The second-order valence-electron chi connectivity index (χ2n) is 10.1. The second-order valence-corrected chi connectivity index (χ2v) is 10.1. The van der Waals surface area contributed by atoms with Crippen LogP contribution in [-0.2, 0) is 4.79 Å². The maximum atomic E-state index is 13.4. The number of nitrogens with zero attached hydrogens (tertiary/aromatic N) is 2. The van der Waals surface area contributed by atoms with E-state index in [2.05, 4.69) is 16.9 Å². The first kappa shape index (κ1) is 26.5. The molecule has 3 N–H and O–H groups in total. The van der Waals surface area contributed by atoms with E-state index in [-0.39, 0.29) is 42.1 Å². The Morgan fingerprint density at radius 3 is 2.67 bits per heavy atom. The Labute approximate surface area is 223 Å². The molecule has 3 aliphatic heterocycles. The standard InChI is InChI=1S/C29H33N3O3.BrH/c1-2-20-17-32(18-28(34)31-26(19-33)21-8-4-3-5-9-21)15-13-22(20)16-27(32)29(35)24-12-14-30-25-11-7-6-10-23(24)25;/h2-12,14,20,22,26-27,29,33,35H,1,13,15-19H2;1H/t20-,22-,26?,27+,29-,32-;/m0./s1. The maximum Gasteiger partial charge on any atom is 0.275 e. The summed E-state index contributed by atoms with van der Waals surface area (Å²) in [5.41, 5.74) is 2.62. The number of halogens is 1. The molecule has 1 aromatic heterocycles. The van der Waals surface area contributed by atoms with E-state index in [1.54, 1.807) is 6.20 Å². The average Bonchev–Trinajstić information content (AvgIpc) is 2.91. The minimum absolute atomic E-state index is 0. The van der Waals surface area contributed by atoms with Crippen molar-refractivity contribution < 1.29 is 36.5 Å². The number of rotatable bonds is 8. The molecule has 3 fully saturated rings. The summed E-state index contributed by atoms with van der Waals surface area (Å²) in [6.45, 7) is 5.82. The van der Waals surface area contributed by atoms with Crippen LogP contribution in [0.2, 0.25) is 0 Å². The van der Waals surface area contributed by atoms with Crippen LogP contribution in [0.15, 0.2) is 79.5 Å². The second kappa shape index (κ2) is 11.2. The predicted molar refractivity (Wildman–Crippen MR) is 136 cm³/mol. The Hall–Kier alpha value is -2.58. The van der Waals surface area contributed by atoms with E-state index in [0.717, 1.165) is 48.0 Å². The Balaban J connectivity index is 0.00000304. The first-order chi connectivity index (χ1) is 17.0. The van der Waals surface area contributed by atoms with Crippen LogP contribution in [0.1, 0.15) is 36.1 Å². The number of amides is 1. The highest BCUT2D eigenvalue weighted by molar-refractivity contribution is 5.82. The lowest BCUT2D eigenvalue weighted by atomic mass is 9.71. The molecule has 6 rings (SSSR count). The number of fused-ring (bicyclic) bond motifs is 4. The fraction of sp³-hybridized carbons (Fsp3) is 0.379. The number of aliphatic hydroxyl groups excluding tert-OH is 2. The smallest absolute Gasteiger partial charge is 0.275 e. The summed E-state index contributed by atoms with van der Waals surface area (Å²) in [5.74, 6) is 0.697. The number of aromatic nitrogens is 1. The fourth-order valence-corrected chi connectivity index (χ4v) is 6.41. The minimum atomic E-state index is -0.702. The van der Waals surface area contributed by atoms with Gasteiger partial charge in [-0.25, -0.2) is 0 Å². The van der Waals surface area contributed by atoms with Gasteiger partial charge in [0.05, 0.1) is 31.3 Å². The molecule has 4 heterocycles. The Morgan fingerprint density at radius 1 is 1.17 bits per heavy atom. The monoisotopic (exact) mass is 551 g/mol. The number of carbonyl (C=O) groups excluding carboxylic acids is 1. The topological polar surface area (TPSA) is 82.5 Å². The van der Waals surface area contributed by atoms with Crippen LogP contribution in [0.5, 0.6) is 0 Å². The van der Waals surface area contributed by atoms with Gasteiger partial charge in [-0.05, 0) is 29.2 Å². The van der Waals surface area contributed by atoms with E-state index in [1.165, 1.54) is 0 Å². The van der Waals surface area contributed by atoms with Gasteiger partial charge in [-0.3, -0.25) is 9.78 Å². The van der Waals surface area contributed by atoms with Crippen molar-refractivity contribution >= 4 is 16.8 Å². The van der Waals surface area contributed by atoms with Gasteiger partial charge in [0.15, 0.2) is 6.54 Å². The third-order valence-electron chi connectivity index (χ3n) is 8.22. The van der Waals surface area contributed by atoms with E-state index in [1.807, 2.05) is 66.7 Å². The number of benzene rings is 2. The van der Waals surface area contributed by atoms with E-state index >= 15 is 0 Å². The van der Waals surface area contributed by atoms with Crippen molar-refractivity contribution in [2.45, 2.75) is 31.0 Å². The van der Waals surface area contributed by atoms with Crippen LogP contribution in [0, 0.1) is 11.8 Å². The highest BCUT2D eigenvalue weighted by Crippen LogP contribution is 2.46. The molecule has 2 aromatic carbocycles. The minimum Gasteiger partial charge on any atom is -1.00 e. The SMILES string of the molecule is C=C[C@H]1C[N@+]2(CC(=O)NC(CO)c3ccccc3)CC[C@H]1C[C@@H]2[C@@H](O)c1ccnc2ccccc12.[Br-]. The number of nitrogens with one attached hydrogen (secondary N) is 1. The van der Waals surface area contributed by atoms with Crippen LogP contribution in [0.25, 0.3) is 10.9 Å². The zero-order chi connectivity index (χ0) is 24.4. The number of hydrogen-bond donors (Lipinski definition) is 3. The van der Waals surface area contributed by atoms with Crippen LogP contribution in [0.3, 0.4) is 0 Å². The van der Waals surface area contributed by atoms with Crippen molar-refractivity contribution in [3.05, 3.63) is 90.6 Å². The number of carbonyl (C=O) groups is 1. The van der Waals surface area contributed by atoms with Crippen molar-refractivity contribution in [2.75, 3.05) is 26.2 Å². The van der Waals surface area contributed by atoms with Gasteiger partial charge in [0, 0.05) is 30.3 Å². The van der Waals surface area contributed by atoms with Gasteiger partial charge >= 0.3 is 0 Å². The zero-order valence-corrected chi connectivity index (χ0v) is 21.9. The Bertz CT molecular complexity index is 1200. The Kier molecular flexibility index (Phi) is 8.25. The lowest BCUT2D eigenvalue weighted by Crippen LogP contribution is -3.00. The molecule has 7 heteroatoms. The van der Waals surface area contributed by atoms with Crippen molar-refractivity contribution in [3.8, 4) is 0 Å². The molecule has 6 atom stereocenters. The average molecular weight is 553 g/mol. The summed E-state index contributed by atoms with van der Waals surface area (Å²) >= 11 is 0. The molecule has 190 valence electrons. The quantitative estimate of drug-likeness (QED) is 0.282. The number of pyridine rings is 1. The van der Waals surface area contributed by atoms with Gasteiger partial charge in [-0.15, -0.1) is 6.58 Å². The van der Waals surface area contributed by atoms with Gasteiger partial charge in [0.2, 0.25) is 0 Å². The number of quaternary nitrogens is 1. The normalized spacial score (nSPS) is 26.6. The first-order valence-corrected chi connectivity index (χ1v) is 12.5. The molecule has 6 nitrogen and oxygen atoms in total. The summed E-state index contributed by atoms with van der Waals surface area (Å²) in [5, 5.41) is 25.7. The molecule has 0 aliphatic carbocycles. The van der Waals surface area contributed by atoms with Gasteiger partial charge in [0.25, 0.3) is 5.91 Å². The lowest BCUT2D eigenvalue weighted by Gasteiger charge is -2.57. The number of hydrogen-bond acceptors (Lipinski definition) is 4. The molecule has 0 radical (unpaired) electrons. The molecular formula is C29H34BrN3O3. The molecule has 2 bridgehead atoms. The number of piperidine rings is 3. The molecule has 3 saturated heterocycles. The van der Waals surface area contributed by atoms with E-state index in [4.69, 9.17) is 0 Å². The summed E-state index contributed by atoms with van der Waals surface area (Å²) in [6.07, 6.45) is 4.95. The molecule has 3 aromatic rings. The number of para-hydroxylation sites is 1. The summed E-state index contributed by atoms with van der Waals surface area (Å²) in [7, 11) is 0. The molecular weight excluding hydrogens is 518 g/mol. The first-order valence-electron chi connectivity index (χ1n) is 12.5. The molecule has 1 unspecified atom stereocenters. The van der Waals surface area contributed by atoms with Crippen LogP contribution < -0.4 is 22.3 Å². The molecule has 36 heavy (non-hydrogen) atoms. The van der Waals surface area contributed by atoms with Gasteiger partial charge in [0.1, 0.15) is 12.1 Å². The van der Waals surface area contributed by atoms with Gasteiger partial charge in [-0.1, -0.05) is 54.6 Å². The summed E-state index contributed by atoms with van der Waals surface area (Å²) < 4.78 is 0.532. The van der Waals surface area contributed by atoms with Gasteiger partial charge in [-0.2, -0.15) is 0 Å². The highest BCUT2D eigenvalue weighted by Gasteiger charge is 2.54. The number of aliphatic hydroxyl groups is 2. The van der Waals surface area contributed by atoms with Crippen molar-refractivity contribution in [2.24, 2.45) is 11.8 Å². The van der Waals surface area contributed by atoms with E-state index < -0.39 is 12.1 Å².